The van der Waals surface area contributed by atoms with Crippen molar-refractivity contribution < 1.29 is 28.6 Å². The summed E-state index contributed by atoms with van der Waals surface area (Å²) in [6.45, 7) is 10.3. The van der Waals surface area contributed by atoms with Gasteiger partial charge in [0.2, 0.25) is 0 Å². The van der Waals surface area contributed by atoms with E-state index in [-0.39, 0.29) is 30.4 Å². The molecule has 0 aromatic rings. The second-order valence-corrected chi connectivity index (χ2v) is 16.4. The fourth-order valence-electron chi connectivity index (χ4n) is 7.21. The average molecular weight is 765 g/mol. The zero-order valence-electron chi connectivity index (χ0n) is 36.7. The molecule has 0 fully saturated rings. The van der Waals surface area contributed by atoms with E-state index in [1.807, 2.05) is 14.1 Å². The monoisotopic (exact) mass is 765 g/mol. The number of rotatable bonds is 41. The third-order valence-corrected chi connectivity index (χ3v) is 10.8. The molecule has 0 bridgehead atoms. The summed E-state index contributed by atoms with van der Waals surface area (Å²) in [7, 11) is 4.01. The van der Waals surface area contributed by atoms with Gasteiger partial charge in [0.1, 0.15) is 12.7 Å². The van der Waals surface area contributed by atoms with Crippen LogP contribution in [0.2, 0.25) is 0 Å². The number of esters is 3. The minimum Gasteiger partial charge on any atom is -0.465 e. The van der Waals surface area contributed by atoms with Crippen molar-refractivity contribution >= 4 is 17.9 Å². The van der Waals surface area contributed by atoms with Crippen molar-refractivity contribution in [2.24, 2.45) is 11.8 Å². The van der Waals surface area contributed by atoms with Gasteiger partial charge in [-0.2, -0.15) is 0 Å². The van der Waals surface area contributed by atoms with Crippen molar-refractivity contribution in [3.63, 3.8) is 0 Å². The van der Waals surface area contributed by atoms with Crippen LogP contribution in [0.5, 0.6) is 0 Å². The Morgan fingerprint density at radius 2 is 1.07 bits per heavy atom. The van der Waals surface area contributed by atoms with E-state index in [2.05, 4.69) is 39.0 Å². The van der Waals surface area contributed by atoms with Gasteiger partial charge in [0.05, 0.1) is 12.5 Å². The topological polar surface area (TPSA) is 82.1 Å². The molecular weight excluding hydrogens is 675 g/mol. The van der Waals surface area contributed by atoms with Gasteiger partial charge in [-0.05, 0) is 84.3 Å². The highest BCUT2D eigenvalue weighted by molar-refractivity contribution is 5.72. The van der Waals surface area contributed by atoms with Gasteiger partial charge in [-0.3, -0.25) is 14.4 Å². The molecule has 3 unspecified atom stereocenters. The lowest BCUT2D eigenvalue weighted by Gasteiger charge is -2.22. The first-order chi connectivity index (χ1) is 26.3. The predicted octanol–water partition coefficient (Wildman–Crippen LogP) is 13.2. The molecule has 0 amide bonds. The smallest absolute Gasteiger partial charge is 0.308 e. The Kier molecular flexibility index (Phi) is 38.4. The van der Waals surface area contributed by atoms with Gasteiger partial charge in [-0.1, -0.05) is 163 Å². The number of hydrogen-bond donors (Lipinski definition) is 0. The maximum Gasteiger partial charge on any atom is 0.308 e. The van der Waals surface area contributed by atoms with Crippen molar-refractivity contribution in [1.29, 1.82) is 0 Å². The molecule has 0 N–H and O–H groups in total. The van der Waals surface area contributed by atoms with Crippen LogP contribution in [-0.2, 0) is 28.6 Å². The van der Waals surface area contributed by atoms with Crippen LogP contribution in [0.15, 0.2) is 0 Å². The maximum absolute atomic E-state index is 13.0. The SMILES string of the molecule is CCC[CH]CCCCC(CCCCCC)CCC(COC(=O)CCCCCOC(=O)C(CCCCCC)CCCCCCCC)OC(=O)CCCN(C)C. The summed E-state index contributed by atoms with van der Waals surface area (Å²) in [5.41, 5.74) is 0. The van der Waals surface area contributed by atoms with Gasteiger partial charge in [-0.25, -0.2) is 0 Å². The predicted molar refractivity (Wildman–Crippen MR) is 227 cm³/mol. The van der Waals surface area contributed by atoms with Gasteiger partial charge in [0, 0.05) is 12.8 Å². The maximum atomic E-state index is 13.0. The fourth-order valence-corrected chi connectivity index (χ4v) is 7.21. The Morgan fingerprint density at radius 3 is 1.70 bits per heavy atom. The van der Waals surface area contributed by atoms with E-state index in [9.17, 15) is 14.4 Å². The highest BCUT2D eigenvalue weighted by Crippen LogP contribution is 2.25. The van der Waals surface area contributed by atoms with E-state index in [0.29, 0.717) is 31.8 Å². The molecule has 0 aliphatic rings. The Bertz CT molecular complexity index is 848. The van der Waals surface area contributed by atoms with Gasteiger partial charge in [-0.15, -0.1) is 0 Å². The second-order valence-electron chi connectivity index (χ2n) is 16.4. The molecule has 0 rings (SSSR count). The molecule has 0 saturated carbocycles. The summed E-state index contributed by atoms with van der Waals surface area (Å²) in [5, 5.41) is 0. The van der Waals surface area contributed by atoms with Gasteiger partial charge >= 0.3 is 17.9 Å². The molecule has 0 saturated heterocycles. The number of nitrogens with zero attached hydrogens (tertiary/aromatic N) is 1. The Morgan fingerprint density at radius 1 is 0.519 bits per heavy atom. The van der Waals surface area contributed by atoms with Crippen molar-refractivity contribution in [2.75, 3.05) is 33.9 Å². The molecule has 0 spiro atoms. The number of carbonyl (C=O) groups is 3. The lowest BCUT2D eigenvalue weighted by atomic mass is 9.89. The zero-order chi connectivity index (χ0) is 39.9. The molecular formula is C47H90NO6. The lowest BCUT2D eigenvalue weighted by Crippen LogP contribution is -2.26. The zero-order valence-corrected chi connectivity index (χ0v) is 36.7. The normalized spacial score (nSPS) is 13.2. The minimum atomic E-state index is -0.400. The molecule has 3 atom stereocenters. The molecule has 0 heterocycles. The summed E-state index contributed by atoms with van der Waals surface area (Å²) < 4.78 is 17.4. The molecule has 319 valence electrons. The van der Waals surface area contributed by atoms with Crippen molar-refractivity contribution in [1.82, 2.24) is 4.90 Å². The standard InChI is InChI=1S/C47H90NO6/c1-7-11-15-19-21-25-32-42(31-24-17-13-9-3)37-38-44(54-46(50)36-30-39-48(5)6)41-53-45(49)35-28-23-29-40-52-47(51)43(33-26-18-14-10-4)34-27-22-20-16-12-8-2/h15,42-44H,7-14,16-41H2,1-6H3. The molecule has 7 heteroatoms. The van der Waals surface area contributed by atoms with Gasteiger partial charge in [0.25, 0.3) is 0 Å². The Hall–Kier alpha value is -1.63. The summed E-state index contributed by atoms with van der Waals surface area (Å²) in [5.74, 6) is 0.151. The summed E-state index contributed by atoms with van der Waals surface area (Å²) in [6, 6.07) is 0. The highest BCUT2D eigenvalue weighted by Gasteiger charge is 2.21. The number of carbonyl (C=O) groups excluding carboxylic acids is 3. The van der Waals surface area contributed by atoms with Crippen LogP contribution in [0.25, 0.3) is 0 Å². The van der Waals surface area contributed by atoms with Gasteiger partial charge < -0.3 is 19.1 Å². The first kappa shape index (κ1) is 52.4. The first-order valence-electron chi connectivity index (χ1n) is 23.2. The van der Waals surface area contributed by atoms with Crippen LogP contribution in [0.4, 0.5) is 0 Å². The van der Waals surface area contributed by atoms with Crippen LogP contribution in [-0.4, -0.2) is 62.8 Å². The highest BCUT2D eigenvalue weighted by atomic mass is 16.6. The van der Waals surface area contributed by atoms with Crippen LogP contribution in [0, 0.1) is 18.3 Å². The molecule has 0 aliphatic heterocycles. The fraction of sp³-hybridized carbons (Fsp3) is 0.915. The number of ether oxygens (including phenoxy) is 3. The van der Waals surface area contributed by atoms with Crippen LogP contribution in [0.3, 0.4) is 0 Å². The van der Waals surface area contributed by atoms with Crippen LogP contribution >= 0.6 is 0 Å². The van der Waals surface area contributed by atoms with E-state index >= 15 is 0 Å². The Labute approximate surface area is 335 Å². The van der Waals surface area contributed by atoms with Crippen molar-refractivity contribution in [3.8, 4) is 0 Å². The van der Waals surface area contributed by atoms with Crippen molar-refractivity contribution in [3.05, 3.63) is 6.42 Å². The average Bonchev–Trinajstić information content (AvgIpc) is 3.15. The van der Waals surface area contributed by atoms with E-state index in [1.54, 1.807) is 0 Å². The third-order valence-electron chi connectivity index (χ3n) is 10.8. The summed E-state index contributed by atoms with van der Waals surface area (Å²) >= 11 is 0. The van der Waals surface area contributed by atoms with E-state index < -0.39 is 6.10 Å². The largest absolute Gasteiger partial charge is 0.465 e. The van der Waals surface area contributed by atoms with E-state index in [0.717, 1.165) is 64.3 Å². The van der Waals surface area contributed by atoms with Crippen molar-refractivity contribution in [2.45, 2.75) is 233 Å². The molecule has 0 aromatic heterocycles. The number of hydrogen-bond acceptors (Lipinski definition) is 7. The quantitative estimate of drug-likeness (QED) is 0.0348. The second kappa shape index (κ2) is 39.6. The molecule has 0 aliphatic carbocycles. The van der Waals surface area contributed by atoms with E-state index in [4.69, 9.17) is 14.2 Å². The molecule has 54 heavy (non-hydrogen) atoms. The molecule has 0 aromatic carbocycles. The van der Waals surface area contributed by atoms with Crippen LogP contribution < -0.4 is 0 Å². The third kappa shape index (κ3) is 34.8. The molecule has 1 radical (unpaired) electrons. The minimum absolute atomic E-state index is 0.0172. The first-order valence-corrected chi connectivity index (χ1v) is 23.2. The lowest BCUT2D eigenvalue weighted by molar-refractivity contribution is -0.159. The number of unbranched alkanes of at least 4 members (excludes halogenated alkanes) is 18. The van der Waals surface area contributed by atoms with E-state index in [1.165, 1.54) is 122 Å². The summed E-state index contributed by atoms with van der Waals surface area (Å²) in [4.78, 5) is 40.6. The van der Waals surface area contributed by atoms with Gasteiger partial charge in [0.15, 0.2) is 0 Å². The molecule has 7 nitrogen and oxygen atoms in total. The Balaban J connectivity index is 4.84. The van der Waals surface area contributed by atoms with Crippen LogP contribution in [0.1, 0.15) is 227 Å². The summed E-state index contributed by atoms with van der Waals surface area (Å²) in [6.07, 6.45) is 35.0.